The zero-order valence-electron chi connectivity index (χ0n) is 8.47. The third-order valence-corrected chi connectivity index (χ3v) is 3.46. The average Bonchev–Trinajstić information content (AvgIpc) is 2.80. The second kappa shape index (κ2) is 2.70. The lowest BCUT2D eigenvalue weighted by molar-refractivity contribution is -0.148. The number of rotatable bonds is 1. The number of likely N-dealkylation sites (tertiary alicyclic amines) is 1. The van der Waals surface area contributed by atoms with Crippen molar-refractivity contribution in [2.45, 2.75) is 38.1 Å². The first kappa shape index (κ1) is 8.68. The molecule has 0 radical (unpaired) electrons. The third kappa shape index (κ3) is 0.880. The predicted molar refractivity (Wildman–Crippen MR) is 48.7 cm³/mol. The van der Waals surface area contributed by atoms with Gasteiger partial charge in [-0.3, -0.25) is 4.79 Å². The quantitative estimate of drug-likeness (QED) is 0.595. The van der Waals surface area contributed by atoms with Gasteiger partial charge in [0.25, 0.3) is 0 Å². The maximum atomic E-state index is 11.9. The molecule has 78 valence electrons. The summed E-state index contributed by atoms with van der Waals surface area (Å²) in [7, 11) is 0. The fourth-order valence-corrected chi connectivity index (χ4v) is 2.81. The first-order valence-corrected chi connectivity index (χ1v) is 5.25. The number of hydrogen-bond donors (Lipinski definition) is 0. The molecule has 4 unspecified atom stereocenters. The van der Waals surface area contributed by atoms with Gasteiger partial charge in [0.1, 0.15) is 12.2 Å². The summed E-state index contributed by atoms with van der Waals surface area (Å²) in [6.07, 6.45) is 0.311. The number of carbonyl (C=O) groups excluding carboxylic acids is 1. The fraction of sp³-hybridized carbons (Fsp3) is 0.900. The van der Waals surface area contributed by atoms with Gasteiger partial charge in [-0.2, -0.15) is 0 Å². The van der Waals surface area contributed by atoms with Crippen molar-refractivity contribution in [3.05, 3.63) is 0 Å². The molecule has 3 rings (SSSR count). The highest BCUT2D eigenvalue weighted by Crippen LogP contribution is 2.41. The molecule has 3 saturated heterocycles. The zero-order chi connectivity index (χ0) is 9.87. The Morgan fingerprint density at radius 1 is 1.21 bits per heavy atom. The number of hydrogen-bond acceptors (Lipinski definition) is 3. The molecule has 4 atom stereocenters. The van der Waals surface area contributed by atoms with Crippen LogP contribution in [-0.2, 0) is 14.3 Å². The minimum atomic E-state index is 0.0793. The summed E-state index contributed by atoms with van der Waals surface area (Å²) in [5, 5.41) is 0. The van der Waals surface area contributed by atoms with E-state index >= 15 is 0 Å². The van der Waals surface area contributed by atoms with Crippen molar-refractivity contribution in [2.75, 3.05) is 13.2 Å². The highest BCUT2D eigenvalue weighted by atomic mass is 16.6. The highest BCUT2D eigenvalue weighted by Gasteiger charge is 2.61. The van der Waals surface area contributed by atoms with Crippen LogP contribution in [-0.4, -0.2) is 48.3 Å². The normalized spacial score (nSPS) is 44.1. The third-order valence-electron chi connectivity index (χ3n) is 3.46. The molecule has 4 nitrogen and oxygen atoms in total. The summed E-state index contributed by atoms with van der Waals surface area (Å²) in [5.74, 6) is 0.328. The van der Waals surface area contributed by atoms with Gasteiger partial charge in [0.05, 0.1) is 25.3 Å². The Morgan fingerprint density at radius 3 is 2.14 bits per heavy atom. The molecule has 0 aromatic carbocycles. The number of carbonyl (C=O) groups is 1. The van der Waals surface area contributed by atoms with E-state index in [4.69, 9.17) is 9.47 Å². The smallest absolute Gasteiger partial charge is 0.225 e. The molecule has 4 heteroatoms. The monoisotopic (exact) mass is 197 g/mol. The summed E-state index contributed by atoms with van der Waals surface area (Å²) < 4.78 is 11.2. The van der Waals surface area contributed by atoms with Gasteiger partial charge in [-0.25, -0.2) is 0 Å². The Hall–Kier alpha value is -0.610. The van der Waals surface area contributed by atoms with E-state index in [1.165, 1.54) is 0 Å². The first-order chi connectivity index (χ1) is 6.70. The Kier molecular flexibility index (Phi) is 1.67. The van der Waals surface area contributed by atoms with Crippen molar-refractivity contribution in [2.24, 2.45) is 5.92 Å². The Balaban J connectivity index is 1.87. The maximum absolute atomic E-state index is 11.9. The van der Waals surface area contributed by atoms with Gasteiger partial charge in [-0.1, -0.05) is 13.8 Å². The summed E-state index contributed by atoms with van der Waals surface area (Å²) in [6.45, 7) is 5.21. The van der Waals surface area contributed by atoms with E-state index in [1.54, 1.807) is 0 Å². The van der Waals surface area contributed by atoms with Crippen LogP contribution in [0, 0.1) is 5.92 Å². The fourth-order valence-electron chi connectivity index (χ4n) is 2.81. The summed E-state index contributed by atoms with van der Waals surface area (Å²) in [4.78, 5) is 13.9. The van der Waals surface area contributed by atoms with Crippen LogP contribution in [0.5, 0.6) is 0 Å². The van der Waals surface area contributed by atoms with Gasteiger partial charge in [-0.15, -0.1) is 0 Å². The van der Waals surface area contributed by atoms with Crippen LogP contribution in [0.25, 0.3) is 0 Å². The van der Waals surface area contributed by atoms with Gasteiger partial charge in [0.2, 0.25) is 5.91 Å². The maximum Gasteiger partial charge on any atom is 0.225 e. The molecular formula is C10H15NO3. The van der Waals surface area contributed by atoms with E-state index < -0.39 is 0 Å². The summed E-state index contributed by atoms with van der Waals surface area (Å²) in [5.41, 5.74) is 0. The van der Waals surface area contributed by atoms with Gasteiger partial charge >= 0.3 is 0 Å². The molecule has 3 fully saturated rings. The molecule has 0 saturated carbocycles. The Morgan fingerprint density at radius 2 is 1.71 bits per heavy atom. The van der Waals surface area contributed by atoms with Crippen molar-refractivity contribution >= 4 is 5.91 Å². The lowest BCUT2D eigenvalue weighted by atomic mass is 10.1. The molecular weight excluding hydrogens is 182 g/mol. The molecule has 3 aliphatic rings. The van der Waals surface area contributed by atoms with Crippen molar-refractivity contribution in [1.82, 2.24) is 4.90 Å². The van der Waals surface area contributed by atoms with Crippen LogP contribution in [0.1, 0.15) is 13.8 Å². The SMILES string of the molecule is CC(C)C(=O)N1C2COC3C2OCC31. The molecule has 3 heterocycles. The van der Waals surface area contributed by atoms with E-state index in [1.807, 2.05) is 18.7 Å². The van der Waals surface area contributed by atoms with E-state index in [-0.39, 0.29) is 36.1 Å². The van der Waals surface area contributed by atoms with Crippen molar-refractivity contribution in [3.8, 4) is 0 Å². The van der Waals surface area contributed by atoms with Crippen LogP contribution in [0.4, 0.5) is 0 Å². The molecule has 3 aliphatic heterocycles. The molecule has 0 aliphatic carbocycles. The second-order valence-corrected chi connectivity index (χ2v) is 4.63. The lowest BCUT2D eigenvalue weighted by Gasteiger charge is -2.37. The molecule has 1 amide bonds. The standard InChI is InChI=1S/C10H15NO3/c1-5(2)10(12)11-6-3-13-9-7(11)4-14-8(6)9/h5-9H,3-4H2,1-2H3. The lowest BCUT2D eigenvalue weighted by Crippen LogP contribution is -2.53. The zero-order valence-corrected chi connectivity index (χ0v) is 8.47. The Bertz CT molecular complexity index is 261. The number of amides is 1. The highest BCUT2D eigenvalue weighted by molar-refractivity contribution is 5.79. The van der Waals surface area contributed by atoms with Crippen molar-refractivity contribution in [1.29, 1.82) is 0 Å². The van der Waals surface area contributed by atoms with Crippen LogP contribution < -0.4 is 0 Å². The summed E-state index contributed by atoms with van der Waals surface area (Å²) >= 11 is 0. The van der Waals surface area contributed by atoms with Gasteiger partial charge in [0.15, 0.2) is 0 Å². The molecule has 4 bridgehead atoms. The van der Waals surface area contributed by atoms with Gasteiger partial charge in [0, 0.05) is 5.92 Å². The number of morpholine rings is 2. The minimum Gasteiger partial charge on any atom is -0.371 e. The van der Waals surface area contributed by atoms with E-state index in [0.29, 0.717) is 13.2 Å². The largest absolute Gasteiger partial charge is 0.371 e. The summed E-state index contributed by atoms with van der Waals surface area (Å²) in [6, 6.07) is 0.377. The molecule has 0 aromatic heterocycles. The molecule has 0 N–H and O–H groups in total. The average molecular weight is 197 g/mol. The second-order valence-electron chi connectivity index (χ2n) is 4.63. The van der Waals surface area contributed by atoms with Crippen LogP contribution >= 0.6 is 0 Å². The van der Waals surface area contributed by atoms with Crippen LogP contribution in [0.15, 0.2) is 0 Å². The molecule has 0 spiro atoms. The van der Waals surface area contributed by atoms with E-state index in [9.17, 15) is 4.79 Å². The predicted octanol–water partition coefficient (Wildman–Crippen LogP) is 0.0194. The van der Waals surface area contributed by atoms with Crippen LogP contribution in [0.2, 0.25) is 0 Å². The molecule has 14 heavy (non-hydrogen) atoms. The number of nitrogens with zero attached hydrogens (tertiary/aromatic N) is 1. The topological polar surface area (TPSA) is 38.8 Å². The Labute approximate surface area is 83.2 Å². The van der Waals surface area contributed by atoms with E-state index in [0.717, 1.165) is 0 Å². The minimum absolute atomic E-state index is 0.0793. The van der Waals surface area contributed by atoms with Crippen molar-refractivity contribution < 1.29 is 14.3 Å². The van der Waals surface area contributed by atoms with E-state index in [2.05, 4.69) is 0 Å². The number of ether oxygens (including phenoxy) is 2. The van der Waals surface area contributed by atoms with Gasteiger partial charge < -0.3 is 14.4 Å². The van der Waals surface area contributed by atoms with Crippen LogP contribution in [0.3, 0.4) is 0 Å². The first-order valence-electron chi connectivity index (χ1n) is 5.25. The molecule has 0 aromatic rings. The van der Waals surface area contributed by atoms with Crippen molar-refractivity contribution in [3.63, 3.8) is 0 Å². The van der Waals surface area contributed by atoms with Gasteiger partial charge in [-0.05, 0) is 0 Å².